The fourth-order valence-electron chi connectivity index (χ4n) is 3.53. The Labute approximate surface area is 180 Å². The third-order valence-corrected chi connectivity index (χ3v) is 5.09. The van der Waals surface area contributed by atoms with Crippen molar-refractivity contribution in [3.63, 3.8) is 0 Å². The summed E-state index contributed by atoms with van der Waals surface area (Å²) in [6.07, 6.45) is 6.63. The summed E-state index contributed by atoms with van der Waals surface area (Å²) in [5.74, 6) is 1.41. The number of amides is 1. The minimum atomic E-state index is -0.121. The number of aryl methyl sites for hydroxylation is 1. The first-order valence-electron chi connectivity index (χ1n) is 10.0. The average molecular weight is 413 g/mol. The molecule has 1 atom stereocenters. The molecule has 4 rings (SSSR count). The number of anilines is 1. The molecule has 2 N–H and O–H groups in total. The molecule has 0 radical (unpaired) electrons. The predicted molar refractivity (Wildman–Crippen MR) is 120 cm³/mol. The number of hydrogen-bond acceptors (Lipinski definition) is 7. The highest BCUT2D eigenvalue weighted by atomic mass is 16.1. The Balaban J connectivity index is 1.59. The second-order valence-electron chi connectivity index (χ2n) is 7.28. The molecule has 0 saturated carbocycles. The maximum Gasteiger partial charge on any atom is 0.251 e. The predicted octanol–water partition coefficient (Wildman–Crippen LogP) is 3.37. The van der Waals surface area contributed by atoms with E-state index in [0.717, 1.165) is 33.5 Å². The molecule has 0 spiro atoms. The van der Waals surface area contributed by atoms with E-state index in [1.807, 2.05) is 31.2 Å². The Kier molecular flexibility index (Phi) is 5.79. The minimum Gasteiger partial charge on any atom is -0.369 e. The van der Waals surface area contributed by atoms with Gasteiger partial charge in [0.2, 0.25) is 0 Å². The van der Waals surface area contributed by atoms with Crippen LogP contribution in [0.15, 0.2) is 55.2 Å². The first kappa shape index (κ1) is 20.3. The van der Waals surface area contributed by atoms with Crippen LogP contribution in [0.4, 0.5) is 5.82 Å². The van der Waals surface area contributed by atoms with Crippen LogP contribution in [0.3, 0.4) is 0 Å². The number of nitrogens with one attached hydrogen (secondary N) is 2. The van der Waals surface area contributed by atoms with Gasteiger partial charge in [-0.25, -0.2) is 19.9 Å². The summed E-state index contributed by atoms with van der Waals surface area (Å²) in [7, 11) is 1.63. The Morgan fingerprint density at radius 1 is 1.13 bits per heavy atom. The number of carbonyl (C=O) groups excluding carboxylic acids is 1. The second kappa shape index (κ2) is 8.83. The number of aromatic nitrogens is 5. The van der Waals surface area contributed by atoms with Crippen LogP contribution in [0, 0.1) is 6.92 Å². The van der Waals surface area contributed by atoms with Crippen LogP contribution in [0.25, 0.3) is 22.2 Å². The zero-order valence-corrected chi connectivity index (χ0v) is 17.6. The van der Waals surface area contributed by atoms with Crippen LogP contribution in [-0.4, -0.2) is 44.4 Å². The first-order chi connectivity index (χ1) is 15.1. The van der Waals surface area contributed by atoms with Crippen molar-refractivity contribution in [2.24, 2.45) is 0 Å². The van der Waals surface area contributed by atoms with Crippen LogP contribution < -0.4 is 10.6 Å². The topological polar surface area (TPSA) is 106 Å². The lowest BCUT2D eigenvalue weighted by molar-refractivity contribution is 0.0964. The van der Waals surface area contributed by atoms with Gasteiger partial charge in [-0.2, -0.15) is 0 Å². The van der Waals surface area contributed by atoms with Gasteiger partial charge in [-0.05, 0) is 18.6 Å². The molecule has 3 aromatic heterocycles. The molecule has 0 bridgehead atoms. The van der Waals surface area contributed by atoms with E-state index in [2.05, 4.69) is 42.5 Å². The monoisotopic (exact) mass is 413 g/mol. The van der Waals surface area contributed by atoms with Crippen LogP contribution in [0.2, 0.25) is 0 Å². The highest BCUT2D eigenvalue weighted by Crippen LogP contribution is 2.27. The quantitative estimate of drug-likeness (QED) is 0.499. The first-order valence-corrected chi connectivity index (χ1v) is 10.0. The SMILES string of the molecule is CNC(=O)c1ccnc2c(C(C)CNc3cc(-c4cncnc4)nc(C)n3)cccc12. The molecular weight excluding hydrogens is 390 g/mol. The third-order valence-electron chi connectivity index (χ3n) is 5.09. The molecule has 31 heavy (non-hydrogen) atoms. The van der Waals surface area contributed by atoms with Gasteiger partial charge in [-0.1, -0.05) is 25.1 Å². The molecule has 8 heteroatoms. The lowest BCUT2D eigenvalue weighted by atomic mass is 9.96. The molecule has 8 nitrogen and oxygen atoms in total. The van der Waals surface area contributed by atoms with Crippen LogP contribution in [-0.2, 0) is 0 Å². The van der Waals surface area contributed by atoms with Gasteiger partial charge in [0.25, 0.3) is 5.91 Å². The van der Waals surface area contributed by atoms with E-state index >= 15 is 0 Å². The molecule has 1 aromatic carbocycles. The van der Waals surface area contributed by atoms with Crippen molar-refractivity contribution in [1.82, 2.24) is 30.2 Å². The second-order valence-corrected chi connectivity index (χ2v) is 7.28. The van der Waals surface area contributed by atoms with Gasteiger partial charge in [-0.15, -0.1) is 0 Å². The summed E-state index contributed by atoms with van der Waals surface area (Å²) in [6, 6.07) is 9.58. The Morgan fingerprint density at radius 3 is 2.71 bits per heavy atom. The average Bonchev–Trinajstić information content (AvgIpc) is 2.81. The van der Waals surface area contributed by atoms with E-state index < -0.39 is 0 Å². The van der Waals surface area contributed by atoms with Crippen molar-refractivity contribution in [3.05, 3.63) is 72.2 Å². The summed E-state index contributed by atoms with van der Waals surface area (Å²) in [5, 5.41) is 6.94. The minimum absolute atomic E-state index is 0.121. The molecule has 1 amide bonds. The third kappa shape index (κ3) is 4.32. The summed E-state index contributed by atoms with van der Waals surface area (Å²) in [6.45, 7) is 4.62. The van der Waals surface area contributed by atoms with Crippen molar-refractivity contribution in [1.29, 1.82) is 0 Å². The van der Waals surface area contributed by atoms with Gasteiger partial charge in [0, 0.05) is 55.1 Å². The largest absolute Gasteiger partial charge is 0.369 e. The lowest BCUT2D eigenvalue weighted by Crippen LogP contribution is -2.18. The standard InChI is InChI=1S/C23H23N7O/c1-14(17-5-4-6-18-19(23(31)24-3)7-8-27-22(17)18)10-28-21-9-20(29-15(2)30-21)16-11-25-13-26-12-16/h4-9,11-14H,10H2,1-3H3,(H,24,31)(H,28,29,30). The number of fused-ring (bicyclic) bond motifs is 1. The Hall–Kier alpha value is -3.94. The normalized spacial score (nSPS) is 11.8. The van der Waals surface area contributed by atoms with E-state index in [-0.39, 0.29) is 11.8 Å². The molecule has 0 aliphatic rings. The van der Waals surface area contributed by atoms with E-state index in [1.165, 1.54) is 6.33 Å². The van der Waals surface area contributed by atoms with Crippen molar-refractivity contribution in [2.45, 2.75) is 19.8 Å². The molecule has 1 unspecified atom stereocenters. The number of benzene rings is 1. The number of carbonyl (C=O) groups is 1. The highest BCUT2D eigenvalue weighted by Gasteiger charge is 2.15. The van der Waals surface area contributed by atoms with E-state index in [4.69, 9.17) is 0 Å². The number of hydrogen-bond donors (Lipinski definition) is 2. The van der Waals surface area contributed by atoms with E-state index in [1.54, 1.807) is 31.7 Å². The molecule has 3 heterocycles. The maximum atomic E-state index is 12.2. The summed E-state index contributed by atoms with van der Waals surface area (Å²) in [5.41, 5.74) is 4.13. The zero-order chi connectivity index (χ0) is 21.8. The molecule has 156 valence electrons. The molecule has 0 aliphatic carbocycles. The fraction of sp³-hybridized carbons (Fsp3) is 0.217. The van der Waals surface area contributed by atoms with Gasteiger partial charge >= 0.3 is 0 Å². The van der Waals surface area contributed by atoms with Crippen LogP contribution >= 0.6 is 0 Å². The van der Waals surface area contributed by atoms with Crippen molar-refractivity contribution in [2.75, 3.05) is 18.9 Å². The summed E-state index contributed by atoms with van der Waals surface area (Å²) in [4.78, 5) is 33.9. The zero-order valence-electron chi connectivity index (χ0n) is 17.6. The van der Waals surface area contributed by atoms with Gasteiger partial charge in [0.05, 0.1) is 16.8 Å². The van der Waals surface area contributed by atoms with Gasteiger partial charge in [-0.3, -0.25) is 9.78 Å². The maximum absolute atomic E-state index is 12.2. The van der Waals surface area contributed by atoms with Crippen molar-refractivity contribution in [3.8, 4) is 11.3 Å². The Morgan fingerprint density at radius 2 is 1.94 bits per heavy atom. The lowest BCUT2D eigenvalue weighted by Gasteiger charge is -2.17. The molecule has 0 saturated heterocycles. The van der Waals surface area contributed by atoms with Gasteiger partial charge in [0.1, 0.15) is 18.0 Å². The number of nitrogens with zero attached hydrogens (tertiary/aromatic N) is 5. The smallest absolute Gasteiger partial charge is 0.251 e. The molecule has 0 aliphatic heterocycles. The van der Waals surface area contributed by atoms with Gasteiger partial charge < -0.3 is 10.6 Å². The number of rotatable bonds is 6. The summed E-state index contributed by atoms with van der Waals surface area (Å²) >= 11 is 0. The summed E-state index contributed by atoms with van der Waals surface area (Å²) < 4.78 is 0. The number of pyridine rings is 1. The van der Waals surface area contributed by atoms with Crippen LogP contribution in [0.5, 0.6) is 0 Å². The van der Waals surface area contributed by atoms with Crippen molar-refractivity contribution >= 4 is 22.6 Å². The van der Waals surface area contributed by atoms with E-state index in [0.29, 0.717) is 17.9 Å². The number of para-hydroxylation sites is 1. The van der Waals surface area contributed by atoms with E-state index in [9.17, 15) is 4.79 Å². The van der Waals surface area contributed by atoms with Crippen molar-refractivity contribution < 1.29 is 4.79 Å². The molecule has 0 fully saturated rings. The molecular formula is C23H23N7O. The fourth-order valence-corrected chi connectivity index (χ4v) is 3.53. The molecule has 4 aromatic rings. The Bertz CT molecular complexity index is 1230. The van der Waals surface area contributed by atoms with Gasteiger partial charge in [0.15, 0.2) is 0 Å². The highest BCUT2D eigenvalue weighted by molar-refractivity contribution is 6.06. The van der Waals surface area contributed by atoms with Crippen LogP contribution in [0.1, 0.15) is 34.6 Å².